The minimum Gasteiger partial charge on any atom is -0.496 e. The van der Waals surface area contributed by atoms with Crippen molar-refractivity contribution in [3.05, 3.63) is 33.9 Å². The molecule has 2 aliphatic heterocycles. The summed E-state index contributed by atoms with van der Waals surface area (Å²) in [7, 11) is 1.46. The van der Waals surface area contributed by atoms with E-state index < -0.39 is 16.5 Å². The van der Waals surface area contributed by atoms with Crippen molar-refractivity contribution in [3.63, 3.8) is 0 Å². The number of benzene rings is 1. The molecule has 0 bridgehead atoms. The van der Waals surface area contributed by atoms with E-state index in [1.807, 2.05) is 13.0 Å². The summed E-state index contributed by atoms with van der Waals surface area (Å²) in [6.07, 6.45) is 4.49. The van der Waals surface area contributed by atoms with E-state index in [1.165, 1.54) is 7.11 Å². The molecule has 39 heavy (non-hydrogen) atoms. The first-order chi connectivity index (χ1) is 18.5. The van der Waals surface area contributed by atoms with Gasteiger partial charge in [-0.15, -0.1) is 0 Å². The van der Waals surface area contributed by atoms with Crippen LogP contribution in [0.25, 0.3) is 0 Å². The molecule has 1 N–H and O–H groups in total. The van der Waals surface area contributed by atoms with Gasteiger partial charge in [-0.1, -0.05) is 34.9 Å². The molecule has 216 valence electrons. The Morgan fingerprint density at radius 2 is 1.92 bits per heavy atom. The summed E-state index contributed by atoms with van der Waals surface area (Å²) in [5, 5.41) is 2.34. The van der Waals surface area contributed by atoms with E-state index in [0.717, 1.165) is 51.3 Å². The first kappa shape index (κ1) is 31.1. The third-order valence-electron chi connectivity index (χ3n) is 6.79. The van der Waals surface area contributed by atoms with Gasteiger partial charge in [0.2, 0.25) is 0 Å². The second-order valence-corrected chi connectivity index (χ2v) is 10.8. The van der Waals surface area contributed by atoms with Gasteiger partial charge in [-0.2, -0.15) is 4.39 Å². The van der Waals surface area contributed by atoms with Gasteiger partial charge in [0.05, 0.1) is 38.2 Å². The zero-order chi connectivity index (χ0) is 28.6. The SMILES string of the molecule is COc1c(C)c2c(c(NC(=O)C(F)(Cl)Cl)c1C/C=C(\C)CCC(=O)OCCCCN1CCOCC1)C(=O)OC2. The number of carbonyl (C=O) groups excluding carboxylic acids is 3. The Kier molecular flexibility index (Phi) is 11.4. The number of hydrogen-bond acceptors (Lipinski definition) is 8. The predicted octanol–water partition coefficient (Wildman–Crippen LogP) is 4.64. The molecule has 1 amide bonds. The molecule has 3 rings (SSSR count). The lowest BCUT2D eigenvalue weighted by Gasteiger charge is -2.26. The van der Waals surface area contributed by atoms with Gasteiger partial charge < -0.3 is 24.3 Å². The van der Waals surface area contributed by atoms with Crippen LogP contribution in [0.4, 0.5) is 10.1 Å². The van der Waals surface area contributed by atoms with Gasteiger partial charge in [0.15, 0.2) is 0 Å². The summed E-state index contributed by atoms with van der Waals surface area (Å²) < 4.78 is 32.2. The Labute approximate surface area is 237 Å². The number of halogens is 3. The number of amides is 1. The highest BCUT2D eigenvalue weighted by Crippen LogP contribution is 2.42. The molecule has 0 radical (unpaired) electrons. The van der Waals surface area contributed by atoms with E-state index in [2.05, 4.69) is 10.2 Å². The lowest BCUT2D eigenvalue weighted by Crippen LogP contribution is -2.36. The Morgan fingerprint density at radius 3 is 2.59 bits per heavy atom. The molecule has 9 nitrogen and oxygen atoms in total. The van der Waals surface area contributed by atoms with Crippen molar-refractivity contribution in [2.45, 2.75) is 57.1 Å². The number of ether oxygens (including phenoxy) is 4. The molecule has 2 aliphatic rings. The molecule has 0 aliphatic carbocycles. The third-order valence-corrected chi connectivity index (χ3v) is 7.13. The van der Waals surface area contributed by atoms with Crippen LogP contribution in [0.15, 0.2) is 11.6 Å². The number of esters is 2. The number of anilines is 1. The van der Waals surface area contributed by atoms with Crippen molar-refractivity contribution < 1.29 is 37.7 Å². The number of alkyl halides is 3. The van der Waals surface area contributed by atoms with Gasteiger partial charge in [0, 0.05) is 30.6 Å². The number of nitrogens with zero attached hydrogens (tertiary/aromatic N) is 1. The van der Waals surface area contributed by atoms with Crippen LogP contribution in [0.1, 0.15) is 59.7 Å². The van der Waals surface area contributed by atoms with E-state index in [0.29, 0.717) is 35.5 Å². The lowest BCUT2D eigenvalue weighted by molar-refractivity contribution is -0.143. The van der Waals surface area contributed by atoms with Crippen LogP contribution in [0.3, 0.4) is 0 Å². The molecule has 1 fully saturated rings. The fraction of sp³-hybridized carbons (Fsp3) is 0.593. The van der Waals surface area contributed by atoms with E-state index in [4.69, 9.17) is 42.1 Å². The standard InChI is InChI=1S/C27H35Cl2FN2O7/c1-17(7-9-21(33)38-13-5-4-10-32-11-14-37-15-12-32)6-8-19-23(31-26(35)27(28,29)30)22-20(16-39-25(22)34)18(2)24(19)36-3/h6H,4-5,7-16H2,1-3H3,(H,31,35)/b17-6+. The molecule has 0 aromatic heterocycles. The monoisotopic (exact) mass is 588 g/mol. The second-order valence-electron chi connectivity index (χ2n) is 9.53. The molecule has 0 unspecified atom stereocenters. The molecule has 1 aromatic rings. The topological polar surface area (TPSA) is 103 Å². The number of hydrogen-bond donors (Lipinski definition) is 1. The van der Waals surface area contributed by atoms with Crippen molar-refractivity contribution in [1.82, 2.24) is 4.90 Å². The van der Waals surface area contributed by atoms with Crippen LogP contribution in [0, 0.1) is 6.92 Å². The number of allylic oxidation sites excluding steroid dienone is 2. The summed E-state index contributed by atoms with van der Waals surface area (Å²) in [6.45, 7) is 8.39. The van der Waals surface area contributed by atoms with Crippen molar-refractivity contribution in [3.8, 4) is 5.75 Å². The number of nitrogens with one attached hydrogen (secondary N) is 1. The molecule has 0 atom stereocenters. The first-order valence-electron chi connectivity index (χ1n) is 12.9. The fourth-order valence-corrected chi connectivity index (χ4v) is 4.67. The van der Waals surface area contributed by atoms with Gasteiger partial charge in [-0.05, 0) is 51.6 Å². The van der Waals surface area contributed by atoms with Crippen LogP contribution >= 0.6 is 23.2 Å². The summed E-state index contributed by atoms with van der Waals surface area (Å²) in [4.78, 5) is 39.3. The van der Waals surface area contributed by atoms with Crippen molar-refractivity contribution in [1.29, 1.82) is 0 Å². The maximum atomic E-state index is 13.9. The average molecular weight is 589 g/mol. The van der Waals surface area contributed by atoms with Gasteiger partial charge in [-0.25, -0.2) is 4.79 Å². The number of cyclic esters (lactones) is 1. The Morgan fingerprint density at radius 1 is 1.21 bits per heavy atom. The van der Waals surface area contributed by atoms with Crippen LogP contribution in [0.2, 0.25) is 0 Å². The summed E-state index contributed by atoms with van der Waals surface area (Å²) in [6, 6.07) is 0. The molecular formula is C27H35Cl2FN2O7. The number of fused-ring (bicyclic) bond motifs is 1. The van der Waals surface area contributed by atoms with Gasteiger partial charge in [-0.3, -0.25) is 14.5 Å². The maximum Gasteiger partial charge on any atom is 0.341 e. The van der Waals surface area contributed by atoms with E-state index in [-0.39, 0.29) is 36.7 Å². The number of carbonyl (C=O) groups is 3. The van der Waals surface area contributed by atoms with E-state index in [1.54, 1.807) is 6.92 Å². The zero-order valence-corrected chi connectivity index (χ0v) is 24.0. The third kappa shape index (κ3) is 8.54. The van der Waals surface area contributed by atoms with E-state index >= 15 is 0 Å². The summed E-state index contributed by atoms with van der Waals surface area (Å²) >= 11 is 10.7. The van der Waals surface area contributed by atoms with Crippen LogP contribution in [0.5, 0.6) is 5.75 Å². The summed E-state index contributed by atoms with van der Waals surface area (Å²) in [5.74, 6) is -1.86. The average Bonchev–Trinajstić information content (AvgIpc) is 3.29. The molecule has 1 saturated heterocycles. The predicted molar refractivity (Wildman–Crippen MR) is 145 cm³/mol. The molecular weight excluding hydrogens is 554 g/mol. The largest absolute Gasteiger partial charge is 0.496 e. The Bertz CT molecular complexity index is 1100. The Hall–Kier alpha value is -2.40. The van der Waals surface area contributed by atoms with Crippen LogP contribution in [-0.2, 0) is 36.8 Å². The van der Waals surface area contributed by atoms with Crippen LogP contribution in [-0.4, -0.2) is 73.9 Å². The van der Waals surface area contributed by atoms with Crippen molar-refractivity contribution >= 4 is 46.7 Å². The van der Waals surface area contributed by atoms with E-state index in [9.17, 15) is 18.8 Å². The first-order valence-corrected chi connectivity index (χ1v) is 13.7. The number of morpholine rings is 1. The quantitative estimate of drug-likeness (QED) is 0.154. The van der Waals surface area contributed by atoms with Gasteiger partial charge in [0.1, 0.15) is 12.4 Å². The molecule has 2 heterocycles. The van der Waals surface area contributed by atoms with Crippen LogP contribution < -0.4 is 10.1 Å². The number of rotatable bonds is 13. The highest BCUT2D eigenvalue weighted by atomic mass is 35.5. The van der Waals surface area contributed by atoms with Crippen molar-refractivity contribution in [2.75, 3.05) is 51.9 Å². The normalized spacial score (nSPS) is 16.1. The minimum atomic E-state index is -3.21. The Balaban J connectivity index is 1.61. The fourth-order valence-electron chi connectivity index (χ4n) is 4.57. The summed E-state index contributed by atoms with van der Waals surface area (Å²) in [5.41, 5.74) is 2.65. The minimum absolute atomic E-state index is 0.00772. The lowest BCUT2D eigenvalue weighted by atomic mass is 9.93. The molecule has 0 saturated carbocycles. The highest BCUT2D eigenvalue weighted by molar-refractivity contribution is 6.57. The van der Waals surface area contributed by atoms with Gasteiger partial charge in [0.25, 0.3) is 5.91 Å². The molecule has 1 aromatic carbocycles. The molecule has 0 spiro atoms. The zero-order valence-electron chi connectivity index (χ0n) is 22.5. The smallest absolute Gasteiger partial charge is 0.341 e. The number of unbranched alkanes of at least 4 members (excludes halogenated alkanes) is 1. The highest BCUT2D eigenvalue weighted by Gasteiger charge is 2.38. The molecule has 12 heteroatoms. The van der Waals surface area contributed by atoms with Gasteiger partial charge >= 0.3 is 16.5 Å². The second kappa shape index (κ2) is 14.3. The number of methoxy groups -OCH3 is 1. The maximum absolute atomic E-state index is 13.9. The van der Waals surface area contributed by atoms with Crippen molar-refractivity contribution in [2.24, 2.45) is 0 Å².